The van der Waals surface area contributed by atoms with Crippen molar-refractivity contribution in [3.8, 4) is 11.5 Å². The van der Waals surface area contributed by atoms with Gasteiger partial charge in [-0.05, 0) is 73.9 Å². The monoisotopic (exact) mass is 462 g/mol. The molecule has 0 saturated carbocycles. The summed E-state index contributed by atoms with van der Waals surface area (Å²) in [4.78, 5) is 14.6. The summed E-state index contributed by atoms with van der Waals surface area (Å²) >= 11 is 5.63. The summed E-state index contributed by atoms with van der Waals surface area (Å²) in [6.45, 7) is 2.69. The molecule has 1 N–H and O–H groups in total. The van der Waals surface area contributed by atoms with Crippen molar-refractivity contribution >= 4 is 29.0 Å². The van der Waals surface area contributed by atoms with Gasteiger partial charge in [0.2, 0.25) is 0 Å². The molecule has 0 fully saturated rings. The lowest BCUT2D eigenvalue weighted by Gasteiger charge is -2.37. The second-order valence-corrected chi connectivity index (χ2v) is 7.73. The summed E-state index contributed by atoms with van der Waals surface area (Å²) in [5, 5.41) is 3.51. The van der Waals surface area contributed by atoms with Crippen molar-refractivity contribution in [1.29, 1.82) is 0 Å². The minimum absolute atomic E-state index is 0.143. The second kappa shape index (κ2) is 9.52. The average molecular weight is 463 g/mol. The molecule has 2 aromatic rings. The number of hydrogen-bond donors (Lipinski definition) is 1. The van der Waals surface area contributed by atoms with E-state index in [1.807, 2.05) is 32.0 Å². The highest BCUT2D eigenvalue weighted by Gasteiger charge is 2.35. The first-order chi connectivity index (χ1) is 15.2. The predicted octanol–water partition coefficient (Wildman–Crippen LogP) is 4.80. The van der Waals surface area contributed by atoms with Crippen LogP contribution >= 0.6 is 12.2 Å². The fourth-order valence-corrected chi connectivity index (χ4v) is 4.18. The number of nitrogens with one attached hydrogen (secondary N) is 1. The topological polar surface area (TPSA) is 60.0 Å². The smallest absolute Gasteiger partial charge is 0.387 e. The van der Waals surface area contributed by atoms with E-state index in [4.69, 9.17) is 21.7 Å². The Kier molecular flexibility index (Phi) is 6.98. The molecular weight excluding hydrogens is 438 g/mol. The van der Waals surface area contributed by atoms with E-state index in [0.717, 1.165) is 16.8 Å². The van der Waals surface area contributed by atoms with Crippen LogP contribution in [0.15, 0.2) is 47.7 Å². The van der Waals surface area contributed by atoms with Crippen molar-refractivity contribution in [1.82, 2.24) is 5.32 Å². The zero-order valence-corrected chi connectivity index (χ0v) is 19.2. The van der Waals surface area contributed by atoms with Gasteiger partial charge in [-0.1, -0.05) is 12.1 Å². The van der Waals surface area contributed by atoms with Gasteiger partial charge in [-0.3, -0.25) is 4.90 Å². The number of allylic oxidation sites excluding steroid dienone is 1. The summed E-state index contributed by atoms with van der Waals surface area (Å²) in [5.74, 6) is -0.569. The molecule has 0 radical (unpaired) electrons. The number of ether oxygens (including phenoxy) is 3. The molecule has 1 aliphatic rings. The zero-order chi connectivity index (χ0) is 23.6. The maximum absolute atomic E-state index is 12.9. The van der Waals surface area contributed by atoms with Crippen LogP contribution in [0.4, 0.5) is 14.5 Å². The van der Waals surface area contributed by atoms with E-state index in [1.54, 1.807) is 17.9 Å². The standard InChI is InChI=1S/C23H24F2N2O4S/c1-12-8-13(2)10-16(9-12)27-14(3)19(21(28)30-5)20(26-23(27)32)15-6-7-17(29-4)18(11-15)31-22(24)25/h6-11,20,22H,1-5H3,(H,26,32). The molecule has 0 spiro atoms. The van der Waals surface area contributed by atoms with E-state index in [1.165, 1.54) is 26.4 Å². The highest BCUT2D eigenvalue weighted by atomic mass is 32.1. The fraction of sp³-hybridized carbons (Fsp3) is 0.304. The molecule has 0 aromatic heterocycles. The summed E-state index contributed by atoms with van der Waals surface area (Å²) in [6.07, 6.45) is 0. The van der Waals surface area contributed by atoms with Crippen LogP contribution in [-0.4, -0.2) is 31.9 Å². The Morgan fingerprint density at radius 1 is 1.06 bits per heavy atom. The molecular formula is C23H24F2N2O4S. The highest BCUT2D eigenvalue weighted by Crippen LogP contribution is 2.38. The first kappa shape index (κ1) is 23.5. The third-order valence-corrected chi connectivity index (χ3v) is 5.39. The molecule has 9 heteroatoms. The molecule has 32 heavy (non-hydrogen) atoms. The SMILES string of the molecule is COC(=O)C1=C(C)N(c2cc(C)cc(C)c2)C(=S)NC1c1ccc(OC)c(OC(F)F)c1. The van der Waals surface area contributed by atoms with Crippen LogP contribution in [0, 0.1) is 13.8 Å². The van der Waals surface area contributed by atoms with E-state index in [0.29, 0.717) is 21.9 Å². The van der Waals surface area contributed by atoms with Gasteiger partial charge in [0.25, 0.3) is 0 Å². The molecule has 1 aliphatic heterocycles. The Morgan fingerprint density at radius 2 is 1.72 bits per heavy atom. The molecule has 1 atom stereocenters. The largest absolute Gasteiger partial charge is 0.493 e. The number of carbonyl (C=O) groups is 1. The fourth-order valence-electron chi connectivity index (χ4n) is 3.82. The lowest BCUT2D eigenvalue weighted by molar-refractivity contribution is -0.136. The number of carbonyl (C=O) groups excluding carboxylic acids is 1. The number of alkyl halides is 2. The molecule has 0 amide bonds. The molecule has 1 unspecified atom stereocenters. The van der Waals surface area contributed by atoms with Crippen LogP contribution in [0.5, 0.6) is 11.5 Å². The van der Waals surface area contributed by atoms with Crippen molar-refractivity contribution in [2.24, 2.45) is 0 Å². The average Bonchev–Trinajstić information content (AvgIpc) is 2.71. The van der Waals surface area contributed by atoms with Gasteiger partial charge < -0.3 is 19.5 Å². The number of esters is 1. The van der Waals surface area contributed by atoms with Crippen molar-refractivity contribution in [3.63, 3.8) is 0 Å². The third-order valence-electron chi connectivity index (χ3n) is 5.09. The van der Waals surface area contributed by atoms with Crippen molar-refractivity contribution in [2.45, 2.75) is 33.4 Å². The normalized spacial score (nSPS) is 16.2. The van der Waals surface area contributed by atoms with Crippen LogP contribution in [0.3, 0.4) is 0 Å². The van der Waals surface area contributed by atoms with Gasteiger partial charge in [-0.25, -0.2) is 4.79 Å². The number of hydrogen-bond acceptors (Lipinski definition) is 5. The minimum Gasteiger partial charge on any atom is -0.493 e. The second-order valence-electron chi connectivity index (χ2n) is 7.34. The molecule has 0 saturated heterocycles. The van der Waals surface area contributed by atoms with Gasteiger partial charge >= 0.3 is 12.6 Å². The van der Waals surface area contributed by atoms with E-state index in [9.17, 15) is 13.6 Å². The first-order valence-corrected chi connectivity index (χ1v) is 10.2. The lowest BCUT2D eigenvalue weighted by Crippen LogP contribution is -2.48. The summed E-state index contributed by atoms with van der Waals surface area (Å²) in [5.41, 5.74) is 4.25. The van der Waals surface area contributed by atoms with E-state index in [-0.39, 0.29) is 11.5 Å². The Bertz CT molecular complexity index is 1070. The molecule has 1 heterocycles. The zero-order valence-electron chi connectivity index (χ0n) is 18.4. The third kappa shape index (κ3) is 4.67. The first-order valence-electron chi connectivity index (χ1n) is 9.77. The molecule has 170 valence electrons. The Balaban J connectivity index is 2.15. The number of nitrogens with zero attached hydrogens (tertiary/aromatic N) is 1. The number of rotatable bonds is 6. The molecule has 3 rings (SSSR count). The van der Waals surface area contributed by atoms with Crippen molar-refractivity contribution in [3.05, 3.63) is 64.4 Å². The Labute approximate surface area is 190 Å². The Morgan fingerprint density at radius 3 is 2.28 bits per heavy atom. The summed E-state index contributed by atoms with van der Waals surface area (Å²) < 4.78 is 40.5. The van der Waals surface area contributed by atoms with Gasteiger partial charge in [0.1, 0.15) is 0 Å². The maximum atomic E-state index is 12.9. The highest BCUT2D eigenvalue weighted by molar-refractivity contribution is 7.80. The molecule has 6 nitrogen and oxygen atoms in total. The van der Waals surface area contributed by atoms with Gasteiger partial charge in [0.15, 0.2) is 16.6 Å². The van der Waals surface area contributed by atoms with Gasteiger partial charge in [0.05, 0.1) is 25.8 Å². The number of benzene rings is 2. The lowest BCUT2D eigenvalue weighted by atomic mass is 9.94. The van der Waals surface area contributed by atoms with E-state index >= 15 is 0 Å². The number of aryl methyl sites for hydroxylation is 2. The number of anilines is 1. The number of halogens is 2. The molecule has 0 aliphatic carbocycles. The van der Waals surface area contributed by atoms with Crippen LogP contribution in [0.2, 0.25) is 0 Å². The summed E-state index contributed by atoms with van der Waals surface area (Å²) in [7, 11) is 2.64. The molecule has 2 aromatic carbocycles. The van der Waals surface area contributed by atoms with E-state index in [2.05, 4.69) is 10.1 Å². The quantitative estimate of drug-likeness (QED) is 0.489. The van der Waals surface area contributed by atoms with E-state index < -0.39 is 18.6 Å². The van der Waals surface area contributed by atoms with Gasteiger partial charge in [0, 0.05) is 11.4 Å². The van der Waals surface area contributed by atoms with Crippen LogP contribution < -0.4 is 19.7 Å². The molecule has 0 bridgehead atoms. The predicted molar refractivity (Wildman–Crippen MR) is 121 cm³/mol. The van der Waals surface area contributed by atoms with Crippen LogP contribution in [-0.2, 0) is 9.53 Å². The summed E-state index contributed by atoms with van der Waals surface area (Å²) in [6, 6.07) is 9.77. The van der Waals surface area contributed by atoms with Crippen LogP contribution in [0.25, 0.3) is 0 Å². The number of methoxy groups -OCH3 is 2. The van der Waals surface area contributed by atoms with Gasteiger partial charge in [-0.15, -0.1) is 0 Å². The van der Waals surface area contributed by atoms with Gasteiger partial charge in [-0.2, -0.15) is 8.78 Å². The minimum atomic E-state index is -3.03. The number of thiocarbonyl (C=S) groups is 1. The van der Waals surface area contributed by atoms with Crippen molar-refractivity contribution < 1.29 is 27.8 Å². The Hall–Kier alpha value is -3.20. The van der Waals surface area contributed by atoms with Crippen molar-refractivity contribution in [2.75, 3.05) is 19.1 Å². The van der Waals surface area contributed by atoms with Crippen LogP contribution in [0.1, 0.15) is 29.7 Å². The maximum Gasteiger partial charge on any atom is 0.387 e.